The Labute approximate surface area is 419 Å². The lowest BCUT2D eigenvalue weighted by atomic mass is 10.0. The summed E-state index contributed by atoms with van der Waals surface area (Å²) < 4.78 is 0. The number of likely N-dealkylation sites (N-methyl/N-ethyl adjacent to an activating group) is 1. The minimum absolute atomic E-state index is 0. The van der Waals surface area contributed by atoms with Crippen molar-refractivity contribution in [2.75, 3.05) is 38.0 Å². The lowest BCUT2D eigenvalue weighted by Crippen LogP contribution is -2.45. The molecule has 1 aliphatic heterocycles. The Balaban J connectivity index is 0.000000316. The molecule has 1 heterocycles. The number of aliphatic carboxylic acids is 4. The predicted octanol–water partition coefficient (Wildman–Crippen LogP) is 10.6. The molecular weight excluding hydrogens is 916 g/mol. The zero-order valence-corrected chi connectivity index (χ0v) is 40.9. The first kappa shape index (κ1) is 59.4. The van der Waals surface area contributed by atoms with Crippen LogP contribution in [0.4, 0.5) is 5.69 Å². The van der Waals surface area contributed by atoms with Crippen LogP contribution in [0.2, 0.25) is 10.0 Å². The van der Waals surface area contributed by atoms with E-state index in [1.54, 1.807) is 18.2 Å². The molecule has 4 atom stereocenters. The fourth-order valence-electron chi connectivity index (χ4n) is 7.60. The molecule has 0 spiro atoms. The summed E-state index contributed by atoms with van der Waals surface area (Å²) in [5.41, 5.74) is 4.67. The summed E-state index contributed by atoms with van der Waals surface area (Å²) in [6.07, 6.45) is 6.15. The molecule has 1 fully saturated rings. The van der Waals surface area contributed by atoms with E-state index in [1.807, 2.05) is 152 Å². The summed E-state index contributed by atoms with van der Waals surface area (Å²) in [7, 11) is 0. The van der Waals surface area contributed by atoms with Gasteiger partial charge in [0.15, 0.2) is 0 Å². The zero-order chi connectivity index (χ0) is 49.7. The van der Waals surface area contributed by atoms with Crippen LogP contribution in [0.3, 0.4) is 0 Å². The van der Waals surface area contributed by atoms with Gasteiger partial charge in [-0.1, -0.05) is 173 Å². The molecule has 0 amide bonds. The lowest BCUT2D eigenvalue weighted by molar-refractivity contribution is -0.144. The van der Waals surface area contributed by atoms with E-state index >= 15 is 0 Å². The van der Waals surface area contributed by atoms with Crippen LogP contribution in [0.1, 0.15) is 76.1 Å². The summed E-state index contributed by atoms with van der Waals surface area (Å²) in [4.78, 5) is 48.9. The Morgan fingerprint density at radius 3 is 1.39 bits per heavy atom. The number of para-hydroxylation sites is 1. The van der Waals surface area contributed by atoms with Crippen LogP contribution in [0.25, 0.3) is 0 Å². The Morgan fingerprint density at radius 1 is 0.551 bits per heavy atom. The van der Waals surface area contributed by atoms with Gasteiger partial charge in [0, 0.05) is 28.6 Å². The molecule has 0 radical (unpaired) electrons. The van der Waals surface area contributed by atoms with E-state index in [4.69, 9.17) is 28.3 Å². The third-order valence-corrected chi connectivity index (χ3v) is 12.0. The van der Waals surface area contributed by atoms with Gasteiger partial charge >= 0.3 is 23.9 Å². The fraction of sp³-hybridized carbons (Fsp3) is 0.382. The van der Waals surface area contributed by atoms with Crippen LogP contribution >= 0.6 is 23.2 Å². The molecule has 0 bridgehead atoms. The fourth-order valence-corrected chi connectivity index (χ4v) is 8.15. The van der Waals surface area contributed by atoms with Gasteiger partial charge in [0.05, 0.1) is 0 Å². The molecular formula is C55H72Cl2N4O8. The lowest BCUT2D eigenvalue weighted by Gasteiger charge is -2.32. The highest BCUT2D eigenvalue weighted by molar-refractivity contribution is 6.36. The van der Waals surface area contributed by atoms with Crippen LogP contribution in [-0.2, 0) is 44.9 Å². The summed E-state index contributed by atoms with van der Waals surface area (Å²) in [6.45, 7) is 9.94. The van der Waals surface area contributed by atoms with Gasteiger partial charge in [-0.15, -0.1) is 0 Å². The minimum Gasteiger partial charge on any atom is -0.480 e. The first-order chi connectivity index (χ1) is 32.8. The quantitative estimate of drug-likeness (QED) is 0.0410. The van der Waals surface area contributed by atoms with E-state index in [0.29, 0.717) is 35.7 Å². The van der Waals surface area contributed by atoms with Gasteiger partial charge in [-0.05, 0) is 111 Å². The number of carboxylic acids is 4. The van der Waals surface area contributed by atoms with Gasteiger partial charge in [-0.25, -0.2) is 4.79 Å². The number of nitrogens with zero attached hydrogens (tertiary/aromatic N) is 2. The standard InChI is InChI=1S/C15H15NO2.C14H17Cl2NO2.C13H19NO2.C12H17NO2.CH4/c17-15(18)14(11-12-7-3-1-4-8-12)16-13-9-5-2-6-10-13;15-11-5-4-6-12(16)10(11)9-13(14(18)19)17-7-2-1-3-8-17;1-3-14(4-2)12(13(15)16)10-11-8-6-5-7-9-11;1-2-8-13-11(12(14)15)9-10-6-4-3-5-7-10;/h1-10,14,16H,11H2,(H,17,18);4-6,13H,1-3,7-9H2,(H,18,19);5-9,12H,3-4,10H2,1-2H3,(H,15,16);3-7,11,13H,2,8-9H2,1H3,(H,14,15);1H4. The largest absolute Gasteiger partial charge is 0.480 e. The topological polar surface area (TPSA) is 180 Å². The summed E-state index contributed by atoms with van der Waals surface area (Å²) in [5, 5.41) is 44.0. The second kappa shape index (κ2) is 33.7. The SMILES string of the molecule is C.CCCNC(Cc1ccccc1)C(=O)O.CCN(CC)C(Cc1ccccc1)C(=O)O.O=C(O)C(Cc1c(Cl)cccc1Cl)N1CCCCC1.O=C(O)C(Cc1ccccc1)Nc1ccccc1. The second-order valence-electron chi connectivity index (χ2n) is 16.2. The van der Waals surface area contributed by atoms with E-state index < -0.39 is 48.0 Å². The third-order valence-electron chi connectivity index (χ3n) is 11.3. The van der Waals surface area contributed by atoms with Crippen LogP contribution in [0.15, 0.2) is 140 Å². The Bertz CT molecular complexity index is 2140. The zero-order valence-electron chi connectivity index (χ0n) is 39.4. The summed E-state index contributed by atoms with van der Waals surface area (Å²) >= 11 is 12.2. The van der Waals surface area contributed by atoms with Crippen molar-refractivity contribution < 1.29 is 39.6 Å². The Kier molecular flexibility index (Phi) is 29.0. The monoisotopic (exact) mass is 986 g/mol. The van der Waals surface area contributed by atoms with Crippen LogP contribution in [-0.4, -0.2) is 111 Å². The van der Waals surface area contributed by atoms with Crippen molar-refractivity contribution in [2.24, 2.45) is 0 Å². The van der Waals surface area contributed by atoms with Crippen LogP contribution < -0.4 is 10.6 Å². The number of benzene rings is 5. The number of anilines is 1. The van der Waals surface area contributed by atoms with Gasteiger partial charge in [-0.2, -0.15) is 0 Å². The normalized spacial score (nSPS) is 13.7. The predicted molar refractivity (Wildman–Crippen MR) is 280 cm³/mol. The van der Waals surface area contributed by atoms with E-state index in [9.17, 15) is 34.5 Å². The van der Waals surface area contributed by atoms with Crippen molar-refractivity contribution in [1.82, 2.24) is 15.1 Å². The van der Waals surface area contributed by atoms with Gasteiger partial charge in [0.1, 0.15) is 24.2 Å². The van der Waals surface area contributed by atoms with Crippen molar-refractivity contribution in [3.63, 3.8) is 0 Å². The molecule has 1 aliphatic rings. The molecule has 12 nitrogen and oxygen atoms in total. The Hall–Kier alpha value is -5.76. The summed E-state index contributed by atoms with van der Waals surface area (Å²) in [6, 6.07) is 41.6. The highest BCUT2D eigenvalue weighted by Gasteiger charge is 2.28. The highest BCUT2D eigenvalue weighted by atomic mass is 35.5. The number of piperidine rings is 1. The van der Waals surface area contributed by atoms with Crippen molar-refractivity contribution in [3.8, 4) is 0 Å². The molecule has 374 valence electrons. The molecule has 0 aliphatic carbocycles. The smallest absolute Gasteiger partial charge is 0.326 e. The molecule has 6 N–H and O–H groups in total. The van der Waals surface area contributed by atoms with Crippen LogP contribution in [0, 0.1) is 0 Å². The van der Waals surface area contributed by atoms with Crippen molar-refractivity contribution in [1.29, 1.82) is 0 Å². The van der Waals surface area contributed by atoms with E-state index in [0.717, 1.165) is 79.9 Å². The molecule has 0 saturated carbocycles. The third kappa shape index (κ3) is 22.5. The maximum Gasteiger partial charge on any atom is 0.326 e. The molecule has 4 unspecified atom stereocenters. The van der Waals surface area contributed by atoms with Gasteiger partial charge in [-0.3, -0.25) is 24.2 Å². The molecule has 0 aromatic heterocycles. The minimum atomic E-state index is -0.845. The Morgan fingerprint density at radius 2 is 0.986 bits per heavy atom. The molecule has 14 heteroatoms. The number of carbonyl (C=O) groups is 4. The van der Waals surface area contributed by atoms with E-state index in [1.165, 1.54) is 6.42 Å². The van der Waals surface area contributed by atoms with E-state index in [2.05, 4.69) is 10.6 Å². The number of halogens is 2. The van der Waals surface area contributed by atoms with Gasteiger partial charge in [0.2, 0.25) is 0 Å². The van der Waals surface area contributed by atoms with E-state index in [-0.39, 0.29) is 7.43 Å². The number of hydrogen-bond donors (Lipinski definition) is 6. The molecule has 6 rings (SSSR count). The first-order valence-corrected chi connectivity index (χ1v) is 24.0. The van der Waals surface area contributed by atoms with Crippen LogP contribution in [0.5, 0.6) is 0 Å². The average Bonchev–Trinajstić information content (AvgIpc) is 3.34. The number of carboxylic acid groups (broad SMARTS) is 4. The average molecular weight is 988 g/mol. The maximum atomic E-state index is 11.5. The van der Waals surface area contributed by atoms with Gasteiger partial charge < -0.3 is 31.1 Å². The van der Waals surface area contributed by atoms with Crippen molar-refractivity contribution in [3.05, 3.63) is 172 Å². The number of likely N-dealkylation sites (tertiary alicyclic amines) is 1. The van der Waals surface area contributed by atoms with Gasteiger partial charge in [0.25, 0.3) is 0 Å². The molecule has 69 heavy (non-hydrogen) atoms. The number of rotatable bonds is 21. The number of nitrogens with one attached hydrogen (secondary N) is 2. The summed E-state index contributed by atoms with van der Waals surface area (Å²) in [5.74, 6) is -3.18. The maximum absolute atomic E-state index is 11.5. The number of hydrogen-bond acceptors (Lipinski definition) is 8. The second-order valence-corrected chi connectivity index (χ2v) is 17.1. The van der Waals surface area contributed by atoms with Crippen molar-refractivity contribution >= 4 is 52.8 Å². The molecule has 5 aromatic rings. The molecule has 5 aromatic carbocycles. The highest BCUT2D eigenvalue weighted by Crippen LogP contribution is 2.27. The first-order valence-electron chi connectivity index (χ1n) is 23.3. The molecule has 1 saturated heterocycles. The van der Waals surface area contributed by atoms with Crippen molar-refractivity contribution in [2.45, 2.75) is 104 Å².